The highest BCUT2D eigenvalue weighted by Crippen LogP contribution is 2.47. The zero-order chi connectivity index (χ0) is 18.9. The van der Waals surface area contributed by atoms with Gasteiger partial charge in [0.25, 0.3) is 0 Å². The van der Waals surface area contributed by atoms with E-state index in [4.69, 9.17) is 4.74 Å². The molecule has 0 unspecified atom stereocenters. The number of carbonyl (C=O) groups excluding carboxylic acids is 2. The molecule has 3 heterocycles. The van der Waals surface area contributed by atoms with Crippen molar-refractivity contribution >= 4 is 23.6 Å². The molecule has 0 radical (unpaired) electrons. The zero-order valence-electron chi connectivity index (χ0n) is 15.8. The van der Waals surface area contributed by atoms with Crippen LogP contribution in [0.4, 0.5) is 0 Å². The van der Waals surface area contributed by atoms with Crippen LogP contribution in [0.3, 0.4) is 0 Å². The van der Waals surface area contributed by atoms with Crippen LogP contribution in [0.2, 0.25) is 0 Å². The van der Waals surface area contributed by atoms with Crippen molar-refractivity contribution in [3.8, 4) is 0 Å². The number of fused-ring (bicyclic) bond motifs is 1. The Hall–Kier alpha value is -1.57. The number of nitrogens with zero attached hydrogens (tertiary/aromatic N) is 2. The van der Waals surface area contributed by atoms with Crippen LogP contribution in [-0.4, -0.2) is 64.6 Å². The molecule has 146 valence electrons. The smallest absolute Gasteiger partial charge is 0.243 e. The molecule has 27 heavy (non-hydrogen) atoms. The number of benzene rings is 1. The third-order valence-corrected chi connectivity index (χ3v) is 7.32. The molecule has 0 aliphatic carbocycles. The number of hydrogen-bond acceptors (Lipinski definition) is 5. The molecule has 0 saturated carbocycles. The van der Waals surface area contributed by atoms with Crippen LogP contribution in [-0.2, 0) is 27.4 Å². The highest BCUT2D eigenvalue weighted by atomic mass is 32.2. The van der Waals surface area contributed by atoms with E-state index in [-0.39, 0.29) is 22.7 Å². The van der Waals surface area contributed by atoms with Crippen LogP contribution in [0.15, 0.2) is 24.3 Å². The summed E-state index contributed by atoms with van der Waals surface area (Å²) in [6, 6.07) is 7.91. The van der Waals surface area contributed by atoms with Gasteiger partial charge in [0.2, 0.25) is 11.8 Å². The number of thioether (sulfide) groups is 1. The first kappa shape index (κ1) is 18.8. The summed E-state index contributed by atoms with van der Waals surface area (Å²) in [5, 5.41) is 3.08. The van der Waals surface area contributed by atoms with Gasteiger partial charge in [-0.15, -0.1) is 11.8 Å². The molecule has 1 aromatic carbocycles. The fourth-order valence-corrected chi connectivity index (χ4v) is 5.63. The predicted octanol–water partition coefficient (Wildman–Crippen LogP) is 1.59. The minimum absolute atomic E-state index is 0.0392. The minimum atomic E-state index is -0.346. The molecule has 2 amide bonds. The first-order valence-corrected chi connectivity index (χ1v) is 10.7. The summed E-state index contributed by atoms with van der Waals surface area (Å²) in [6.07, 6.45) is 1.39. The number of morpholine rings is 1. The number of nitrogens with one attached hydrogen (secondary N) is 1. The van der Waals surface area contributed by atoms with Crippen molar-refractivity contribution in [1.82, 2.24) is 15.1 Å². The molecule has 4 rings (SSSR count). The van der Waals surface area contributed by atoms with Crippen LogP contribution >= 0.6 is 11.8 Å². The second-order valence-corrected chi connectivity index (χ2v) is 9.14. The van der Waals surface area contributed by atoms with Crippen molar-refractivity contribution in [1.29, 1.82) is 0 Å². The molecular weight excluding hydrogens is 362 g/mol. The van der Waals surface area contributed by atoms with Crippen molar-refractivity contribution < 1.29 is 14.3 Å². The van der Waals surface area contributed by atoms with E-state index in [1.807, 2.05) is 17.0 Å². The Kier molecular flexibility index (Phi) is 5.43. The van der Waals surface area contributed by atoms with Gasteiger partial charge in [0.15, 0.2) is 0 Å². The van der Waals surface area contributed by atoms with Crippen LogP contribution in [0.5, 0.6) is 0 Å². The van der Waals surface area contributed by atoms with E-state index in [9.17, 15) is 9.59 Å². The van der Waals surface area contributed by atoms with Gasteiger partial charge < -0.3 is 15.0 Å². The van der Waals surface area contributed by atoms with Gasteiger partial charge in [-0.1, -0.05) is 24.3 Å². The van der Waals surface area contributed by atoms with Gasteiger partial charge in [-0.05, 0) is 24.5 Å². The van der Waals surface area contributed by atoms with Crippen molar-refractivity contribution in [3.63, 3.8) is 0 Å². The molecule has 3 saturated heterocycles. The summed E-state index contributed by atoms with van der Waals surface area (Å²) in [6.45, 7) is 6.89. The summed E-state index contributed by atoms with van der Waals surface area (Å²) in [5.41, 5.74) is 2.38. The normalized spacial score (nSPS) is 28.4. The molecule has 1 aromatic rings. The monoisotopic (exact) mass is 389 g/mol. The SMILES string of the molecule is C[C@]12CCC(=O)N1[C@@H](C(=O)NCc1ccccc1CN1CCOCC1)CS2. The molecule has 7 heteroatoms. The van der Waals surface area contributed by atoms with Crippen molar-refractivity contribution in [2.75, 3.05) is 32.1 Å². The summed E-state index contributed by atoms with van der Waals surface area (Å²) < 4.78 is 5.42. The van der Waals surface area contributed by atoms with Crippen LogP contribution in [0.25, 0.3) is 0 Å². The molecule has 0 bridgehead atoms. The first-order valence-electron chi connectivity index (χ1n) is 9.67. The van der Waals surface area contributed by atoms with Crippen molar-refractivity contribution in [2.45, 2.75) is 43.8 Å². The molecule has 3 fully saturated rings. The fourth-order valence-electron chi connectivity index (χ4n) is 4.20. The third-order valence-electron chi connectivity index (χ3n) is 5.82. The summed E-state index contributed by atoms with van der Waals surface area (Å²) >= 11 is 1.73. The lowest BCUT2D eigenvalue weighted by atomic mass is 10.1. The molecule has 3 aliphatic rings. The second kappa shape index (κ2) is 7.81. The largest absolute Gasteiger partial charge is 0.379 e. The van der Waals surface area contributed by atoms with Gasteiger partial charge in [0.1, 0.15) is 6.04 Å². The van der Waals surface area contributed by atoms with Crippen molar-refractivity contribution in [2.24, 2.45) is 0 Å². The highest BCUT2D eigenvalue weighted by Gasteiger charge is 2.52. The van der Waals surface area contributed by atoms with E-state index in [1.165, 1.54) is 5.56 Å². The Morgan fingerprint density at radius 1 is 1.30 bits per heavy atom. The maximum atomic E-state index is 12.8. The van der Waals surface area contributed by atoms with Gasteiger partial charge in [0, 0.05) is 38.4 Å². The first-order chi connectivity index (χ1) is 13.1. The Morgan fingerprint density at radius 2 is 2.04 bits per heavy atom. The molecular formula is C20H27N3O3S. The van der Waals surface area contributed by atoms with Crippen LogP contribution in [0.1, 0.15) is 30.9 Å². The quantitative estimate of drug-likeness (QED) is 0.829. The molecule has 2 atom stereocenters. The summed E-state index contributed by atoms with van der Waals surface area (Å²) in [5.74, 6) is 0.752. The number of rotatable bonds is 5. The minimum Gasteiger partial charge on any atom is -0.379 e. The lowest BCUT2D eigenvalue weighted by molar-refractivity contribution is -0.138. The van der Waals surface area contributed by atoms with Gasteiger partial charge >= 0.3 is 0 Å². The lowest BCUT2D eigenvalue weighted by Gasteiger charge is -2.30. The van der Waals surface area contributed by atoms with E-state index in [1.54, 1.807) is 11.8 Å². The van der Waals surface area contributed by atoms with E-state index in [2.05, 4.69) is 29.3 Å². The van der Waals surface area contributed by atoms with Crippen molar-refractivity contribution in [3.05, 3.63) is 35.4 Å². The number of ether oxygens (including phenoxy) is 1. The van der Waals surface area contributed by atoms with Gasteiger partial charge in [-0.25, -0.2) is 0 Å². The van der Waals surface area contributed by atoms with Gasteiger partial charge in [-0.3, -0.25) is 14.5 Å². The Labute approximate surface area is 164 Å². The zero-order valence-corrected chi connectivity index (χ0v) is 16.6. The third kappa shape index (κ3) is 3.86. The molecule has 1 N–H and O–H groups in total. The van der Waals surface area contributed by atoms with E-state index in [0.29, 0.717) is 18.7 Å². The van der Waals surface area contributed by atoms with Crippen LogP contribution < -0.4 is 5.32 Å². The van der Waals surface area contributed by atoms with E-state index in [0.717, 1.165) is 44.8 Å². The van der Waals surface area contributed by atoms with Crippen LogP contribution in [0, 0.1) is 0 Å². The maximum absolute atomic E-state index is 12.8. The number of hydrogen-bond donors (Lipinski definition) is 1. The molecule has 6 nitrogen and oxygen atoms in total. The summed E-state index contributed by atoms with van der Waals surface area (Å²) in [4.78, 5) is 29.0. The van der Waals surface area contributed by atoms with Gasteiger partial charge in [0.05, 0.1) is 18.1 Å². The molecule has 0 aromatic heterocycles. The average molecular weight is 390 g/mol. The highest BCUT2D eigenvalue weighted by molar-refractivity contribution is 8.01. The van der Waals surface area contributed by atoms with E-state index >= 15 is 0 Å². The average Bonchev–Trinajstić information content (AvgIpc) is 3.18. The maximum Gasteiger partial charge on any atom is 0.243 e. The fraction of sp³-hybridized carbons (Fsp3) is 0.600. The summed E-state index contributed by atoms with van der Waals surface area (Å²) in [7, 11) is 0. The standard InChI is InChI=1S/C20H27N3O3S/c1-20-7-6-18(24)23(20)17(14-27-20)19(25)21-12-15-4-2-3-5-16(15)13-22-8-10-26-11-9-22/h2-5,17H,6-14H2,1H3,(H,21,25)/t17-,20+/m1/s1. The number of carbonyl (C=O) groups is 2. The predicted molar refractivity (Wildman–Crippen MR) is 105 cm³/mol. The number of amides is 2. The second-order valence-electron chi connectivity index (χ2n) is 7.64. The Morgan fingerprint density at radius 3 is 2.81 bits per heavy atom. The van der Waals surface area contributed by atoms with Gasteiger partial charge in [-0.2, -0.15) is 0 Å². The van der Waals surface area contributed by atoms with E-state index < -0.39 is 0 Å². The molecule has 0 spiro atoms. The topological polar surface area (TPSA) is 61.9 Å². The Balaban J connectivity index is 1.39. The lowest BCUT2D eigenvalue weighted by Crippen LogP contribution is -2.49. The molecule has 3 aliphatic heterocycles. The Bertz CT molecular complexity index is 722.